The SMILES string of the molecule is C=C1CCC(N2C(=O)c3ccc(C4(O)CCN(Cc5ccc(-n6cccn6)cc5)CC4)cc3C2=O)C(=O)N1. The van der Waals surface area contributed by atoms with E-state index in [0.29, 0.717) is 50.0 Å². The van der Waals surface area contributed by atoms with E-state index in [1.54, 1.807) is 24.4 Å². The molecule has 0 saturated carbocycles. The maximum Gasteiger partial charge on any atom is 0.262 e. The maximum absolute atomic E-state index is 13.2. The van der Waals surface area contributed by atoms with Crippen LogP contribution in [-0.2, 0) is 16.9 Å². The van der Waals surface area contributed by atoms with Crippen LogP contribution in [0.4, 0.5) is 0 Å². The van der Waals surface area contributed by atoms with Crippen molar-refractivity contribution in [2.24, 2.45) is 0 Å². The molecule has 2 aromatic carbocycles. The van der Waals surface area contributed by atoms with E-state index >= 15 is 0 Å². The van der Waals surface area contributed by atoms with Gasteiger partial charge in [0, 0.05) is 37.7 Å². The second-order valence-electron chi connectivity index (χ2n) is 10.3. The van der Waals surface area contributed by atoms with Crippen LogP contribution in [0.15, 0.2) is 73.2 Å². The molecule has 4 heterocycles. The Bertz CT molecular complexity index is 1420. The van der Waals surface area contributed by atoms with Gasteiger partial charge >= 0.3 is 0 Å². The number of fused-ring (bicyclic) bond motifs is 1. The average Bonchev–Trinajstić information content (AvgIpc) is 3.54. The van der Waals surface area contributed by atoms with Gasteiger partial charge in [-0.1, -0.05) is 24.8 Å². The highest BCUT2D eigenvalue weighted by molar-refractivity contribution is 6.23. The molecule has 1 unspecified atom stereocenters. The largest absolute Gasteiger partial charge is 0.385 e. The van der Waals surface area contributed by atoms with Gasteiger partial charge in [0.05, 0.1) is 22.4 Å². The number of allylic oxidation sites excluding steroid dienone is 1. The van der Waals surface area contributed by atoms with Crippen LogP contribution in [-0.4, -0.2) is 61.5 Å². The number of likely N-dealkylation sites (tertiary alicyclic amines) is 1. The number of benzene rings is 2. The molecular weight excluding hydrogens is 482 g/mol. The van der Waals surface area contributed by atoms with Crippen molar-refractivity contribution in [2.45, 2.75) is 43.9 Å². The molecule has 3 amide bonds. The summed E-state index contributed by atoms with van der Waals surface area (Å²) in [5, 5.41) is 18.4. The zero-order chi connectivity index (χ0) is 26.4. The lowest BCUT2D eigenvalue weighted by Gasteiger charge is -2.38. The number of hydrogen-bond donors (Lipinski definition) is 2. The number of nitrogens with one attached hydrogen (secondary N) is 1. The van der Waals surface area contributed by atoms with Crippen LogP contribution in [0, 0.1) is 0 Å². The normalized spacial score (nSPS) is 21.5. The Kier molecular flexibility index (Phi) is 5.97. The smallest absolute Gasteiger partial charge is 0.262 e. The molecule has 0 aliphatic carbocycles. The molecule has 6 rings (SSSR count). The topological polar surface area (TPSA) is 108 Å². The first-order chi connectivity index (χ1) is 18.3. The summed E-state index contributed by atoms with van der Waals surface area (Å²) in [7, 11) is 0. The standard InChI is InChI=1S/C29H29N5O4/c1-19-3-10-25(26(35)31-19)34-27(36)23-9-6-21(17-24(23)28(34)37)29(38)11-15-32(16-12-29)18-20-4-7-22(8-5-20)33-14-2-13-30-33/h2,4-9,13-14,17,25,38H,1,3,10-12,15-16,18H2,(H,31,35). The number of rotatable bonds is 5. The van der Waals surface area contributed by atoms with Crippen LogP contribution in [0.5, 0.6) is 0 Å². The van der Waals surface area contributed by atoms with Gasteiger partial charge in [-0.25, -0.2) is 4.68 Å². The van der Waals surface area contributed by atoms with Crippen molar-refractivity contribution in [1.29, 1.82) is 0 Å². The minimum atomic E-state index is -1.09. The Morgan fingerprint density at radius 1 is 1.03 bits per heavy atom. The molecule has 2 fully saturated rings. The molecule has 9 heteroatoms. The molecule has 2 saturated heterocycles. The molecule has 0 bridgehead atoms. The van der Waals surface area contributed by atoms with E-state index in [0.717, 1.165) is 17.1 Å². The summed E-state index contributed by atoms with van der Waals surface area (Å²) >= 11 is 0. The Morgan fingerprint density at radius 3 is 2.45 bits per heavy atom. The Morgan fingerprint density at radius 2 is 1.76 bits per heavy atom. The summed E-state index contributed by atoms with van der Waals surface area (Å²) in [6.07, 6.45) is 5.55. The number of imide groups is 1. The average molecular weight is 512 g/mol. The fraction of sp³-hybridized carbons (Fsp3) is 0.310. The molecule has 1 atom stereocenters. The van der Waals surface area contributed by atoms with Gasteiger partial charge in [0.25, 0.3) is 11.8 Å². The Labute approximate surface area is 220 Å². The number of aromatic nitrogens is 2. The molecule has 9 nitrogen and oxygen atoms in total. The molecule has 3 aliphatic heterocycles. The highest BCUT2D eigenvalue weighted by atomic mass is 16.3. The van der Waals surface area contributed by atoms with Gasteiger partial charge in [0.15, 0.2) is 0 Å². The molecule has 0 spiro atoms. The number of aliphatic hydroxyl groups is 1. The van der Waals surface area contributed by atoms with Crippen molar-refractivity contribution >= 4 is 17.7 Å². The minimum absolute atomic E-state index is 0.248. The quantitative estimate of drug-likeness (QED) is 0.510. The van der Waals surface area contributed by atoms with E-state index in [1.165, 1.54) is 5.56 Å². The monoisotopic (exact) mass is 511 g/mol. The highest BCUT2D eigenvalue weighted by Crippen LogP contribution is 2.37. The second-order valence-corrected chi connectivity index (χ2v) is 10.3. The van der Waals surface area contributed by atoms with Crippen LogP contribution in [0.1, 0.15) is 57.5 Å². The van der Waals surface area contributed by atoms with Crippen LogP contribution < -0.4 is 5.32 Å². The van der Waals surface area contributed by atoms with E-state index in [9.17, 15) is 19.5 Å². The van der Waals surface area contributed by atoms with Crippen molar-refractivity contribution in [3.63, 3.8) is 0 Å². The van der Waals surface area contributed by atoms with Crippen molar-refractivity contribution in [3.8, 4) is 5.69 Å². The van der Waals surface area contributed by atoms with Gasteiger partial charge in [-0.3, -0.25) is 24.2 Å². The molecule has 1 aromatic heterocycles. The number of hydrogen-bond acceptors (Lipinski definition) is 6. The molecule has 3 aliphatic rings. The van der Waals surface area contributed by atoms with Gasteiger partial charge in [0.1, 0.15) is 6.04 Å². The Balaban J connectivity index is 1.13. The number of carbonyl (C=O) groups is 3. The first-order valence-corrected chi connectivity index (χ1v) is 12.9. The van der Waals surface area contributed by atoms with Crippen molar-refractivity contribution in [3.05, 3.63) is 95.5 Å². The van der Waals surface area contributed by atoms with Crippen molar-refractivity contribution < 1.29 is 19.5 Å². The van der Waals surface area contributed by atoms with E-state index in [2.05, 4.69) is 34.0 Å². The molecule has 3 aromatic rings. The number of nitrogens with zero attached hydrogens (tertiary/aromatic N) is 4. The molecule has 0 radical (unpaired) electrons. The third-order valence-corrected chi connectivity index (χ3v) is 7.88. The highest BCUT2D eigenvalue weighted by Gasteiger charge is 2.45. The lowest BCUT2D eigenvalue weighted by atomic mass is 9.83. The molecule has 194 valence electrons. The minimum Gasteiger partial charge on any atom is -0.385 e. The lowest BCUT2D eigenvalue weighted by molar-refractivity contribution is -0.125. The number of amides is 3. The predicted octanol–water partition coefficient (Wildman–Crippen LogP) is 2.74. The summed E-state index contributed by atoms with van der Waals surface area (Å²) in [5.41, 5.74) is 2.84. The number of carbonyl (C=O) groups excluding carboxylic acids is 3. The van der Waals surface area contributed by atoms with Crippen molar-refractivity contribution in [1.82, 2.24) is 24.9 Å². The third-order valence-electron chi connectivity index (χ3n) is 7.88. The summed E-state index contributed by atoms with van der Waals surface area (Å²) in [6, 6.07) is 14.3. The van der Waals surface area contributed by atoms with Gasteiger partial charge in [-0.2, -0.15) is 5.10 Å². The van der Waals surface area contributed by atoms with Crippen LogP contribution >= 0.6 is 0 Å². The zero-order valence-corrected chi connectivity index (χ0v) is 21.0. The van der Waals surface area contributed by atoms with E-state index < -0.39 is 29.4 Å². The van der Waals surface area contributed by atoms with Crippen LogP contribution in [0.3, 0.4) is 0 Å². The van der Waals surface area contributed by atoms with Crippen LogP contribution in [0.25, 0.3) is 5.69 Å². The summed E-state index contributed by atoms with van der Waals surface area (Å²) < 4.78 is 1.82. The van der Waals surface area contributed by atoms with Crippen molar-refractivity contribution in [2.75, 3.05) is 13.1 Å². The van der Waals surface area contributed by atoms with Gasteiger partial charge in [0.2, 0.25) is 5.91 Å². The van der Waals surface area contributed by atoms with Gasteiger partial charge in [-0.15, -0.1) is 0 Å². The van der Waals surface area contributed by atoms with E-state index in [1.807, 2.05) is 29.1 Å². The second kappa shape index (κ2) is 9.34. The third kappa shape index (κ3) is 4.23. The fourth-order valence-corrected chi connectivity index (χ4v) is 5.64. The predicted molar refractivity (Wildman–Crippen MR) is 139 cm³/mol. The molecule has 2 N–H and O–H groups in total. The van der Waals surface area contributed by atoms with Crippen LogP contribution in [0.2, 0.25) is 0 Å². The maximum atomic E-state index is 13.2. The lowest BCUT2D eigenvalue weighted by Crippen LogP contribution is -2.51. The molecule has 38 heavy (non-hydrogen) atoms. The van der Waals surface area contributed by atoms with Gasteiger partial charge in [-0.05, 0) is 67.1 Å². The van der Waals surface area contributed by atoms with Gasteiger partial charge < -0.3 is 10.4 Å². The first-order valence-electron chi connectivity index (χ1n) is 12.9. The summed E-state index contributed by atoms with van der Waals surface area (Å²) in [6.45, 7) is 5.92. The number of piperidine rings is 2. The first kappa shape index (κ1) is 24.3. The summed E-state index contributed by atoms with van der Waals surface area (Å²) in [5.74, 6) is -1.35. The fourth-order valence-electron chi connectivity index (χ4n) is 5.64. The van der Waals surface area contributed by atoms with E-state index in [4.69, 9.17) is 0 Å². The zero-order valence-electron chi connectivity index (χ0n) is 21.0. The summed E-state index contributed by atoms with van der Waals surface area (Å²) in [4.78, 5) is 42.1. The van der Waals surface area contributed by atoms with E-state index in [-0.39, 0.29) is 11.1 Å². The molecular formula is C29H29N5O4. The Hall–Kier alpha value is -4.08.